The smallest absolute Gasteiger partial charge is 0.340 e. The molecule has 0 aliphatic heterocycles. The molecule has 20 heavy (non-hydrogen) atoms. The largest absolute Gasteiger partial charge is 0.495 e. The third kappa shape index (κ3) is 4.30. The van der Waals surface area contributed by atoms with Gasteiger partial charge in [-0.2, -0.15) is 0 Å². The standard InChI is InChI=1S/C12H13NO3.2C2H6/c1-3-16-12(14)10-6-7-13-8-9(15-2)4-5-11(10)13;2*1-2/h4-8H,3H2,1-2H3;2*1-2H3. The Hall–Kier alpha value is -1.97. The molecule has 0 aliphatic carbocycles. The lowest BCUT2D eigenvalue weighted by Gasteiger charge is -2.03. The number of fused-ring (bicyclic) bond motifs is 1. The number of ether oxygens (including phenoxy) is 2. The molecule has 0 N–H and O–H groups in total. The zero-order valence-electron chi connectivity index (χ0n) is 13.3. The number of rotatable bonds is 3. The highest BCUT2D eigenvalue weighted by Crippen LogP contribution is 2.18. The number of aromatic nitrogens is 1. The first-order valence-electron chi connectivity index (χ1n) is 7.08. The van der Waals surface area contributed by atoms with Crippen LogP contribution in [0.2, 0.25) is 0 Å². The minimum atomic E-state index is -0.296. The molecule has 0 unspecified atom stereocenters. The molecule has 0 aromatic carbocycles. The Morgan fingerprint density at radius 2 is 1.80 bits per heavy atom. The van der Waals surface area contributed by atoms with Gasteiger partial charge in [-0.3, -0.25) is 0 Å². The van der Waals surface area contributed by atoms with Gasteiger partial charge in [-0.25, -0.2) is 4.79 Å². The molecule has 0 radical (unpaired) electrons. The average Bonchev–Trinajstić information content (AvgIpc) is 2.94. The molecule has 2 rings (SSSR count). The maximum atomic E-state index is 11.6. The number of pyridine rings is 1. The van der Waals surface area contributed by atoms with Crippen molar-refractivity contribution in [3.63, 3.8) is 0 Å². The minimum Gasteiger partial charge on any atom is -0.495 e. The first kappa shape index (κ1) is 18.0. The van der Waals surface area contributed by atoms with Crippen LogP contribution in [0.25, 0.3) is 5.52 Å². The lowest BCUT2D eigenvalue weighted by Crippen LogP contribution is -2.03. The van der Waals surface area contributed by atoms with E-state index < -0.39 is 0 Å². The molecule has 0 saturated heterocycles. The second-order valence-electron chi connectivity index (χ2n) is 3.31. The molecule has 0 spiro atoms. The zero-order chi connectivity index (χ0) is 15.5. The first-order chi connectivity index (χ1) is 9.76. The fraction of sp³-hybridized carbons (Fsp3) is 0.438. The quantitative estimate of drug-likeness (QED) is 0.791. The lowest BCUT2D eigenvalue weighted by molar-refractivity contribution is 0.0529. The Labute approximate surface area is 121 Å². The summed E-state index contributed by atoms with van der Waals surface area (Å²) in [5.41, 5.74) is 1.39. The topological polar surface area (TPSA) is 39.9 Å². The normalized spacial score (nSPS) is 8.90. The van der Waals surface area contributed by atoms with Crippen molar-refractivity contribution in [1.82, 2.24) is 4.40 Å². The van der Waals surface area contributed by atoms with E-state index in [0.29, 0.717) is 12.2 Å². The summed E-state index contributed by atoms with van der Waals surface area (Å²) in [5.74, 6) is 0.452. The molecule has 2 heterocycles. The summed E-state index contributed by atoms with van der Waals surface area (Å²) < 4.78 is 11.9. The first-order valence-corrected chi connectivity index (χ1v) is 7.08. The van der Waals surface area contributed by atoms with Gasteiger partial charge in [0.05, 0.1) is 31.0 Å². The van der Waals surface area contributed by atoms with E-state index in [2.05, 4.69) is 0 Å². The highest BCUT2D eigenvalue weighted by molar-refractivity contribution is 5.97. The molecule has 0 amide bonds. The highest BCUT2D eigenvalue weighted by Gasteiger charge is 2.12. The van der Waals surface area contributed by atoms with Crippen molar-refractivity contribution in [1.29, 1.82) is 0 Å². The fourth-order valence-electron chi connectivity index (χ4n) is 1.59. The van der Waals surface area contributed by atoms with E-state index in [1.807, 2.05) is 56.6 Å². The zero-order valence-corrected chi connectivity index (χ0v) is 13.3. The van der Waals surface area contributed by atoms with E-state index in [-0.39, 0.29) is 5.97 Å². The van der Waals surface area contributed by atoms with E-state index in [0.717, 1.165) is 11.3 Å². The second-order valence-corrected chi connectivity index (χ2v) is 3.31. The lowest BCUT2D eigenvalue weighted by atomic mass is 10.2. The summed E-state index contributed by atoms with van der Waals surface area (Å²) >= 11 is 0. The Balaban J connectivity index is 0.000000829. The summed E-state index contributed by atoms with van der Waals surface area (Å²) in [6.07, 6.45) is 3.63. The average molecular weight is 279 g/mol. The number of esters is 1. The van der Waals surface area contributed by atoms with Crippen LogP contribution in [0.1, 0.15) is 45.0 Å². The molecular formula is C16H25NO3. The maximum absolute atomic E-state index is 11.6. The number of hydrogen-bond acceptors (Lipinski definition) is 3. The molecular weight excluding hydrogens is 254 g/mol. The number of carbonyl (C=O) groups excluding carboxylic acids is 1. The van der Waals surface area contributed by atoms with Crippen LogP contribution in [0.4, 0.5) is 0 Å². The third-order valence-corrected chi connectivity index (χ3v) is 2.36. The molecule has 2 aromatic rings. The molecule has 0 bridgehead atoms. The summed E-state index contributed by atoms with van der Waals surface area (Å²) in [6, 6.07) is 5.40. The minimum absolute atomic E-state index is 0.296. The monoisotopic (exact) mass is 279 g/mol. The Morgan fingerprint density at radius 3 is 2.35 bits per heavy atom. The fourth-order valence-corrected chi connectivity index (χ4v) is 1.59. The molecule has 0 atom stereocenters. The van der Waals surface area contributed by atoms with Gasteiger partial charge in [0.1, 0.15) is 5.75 Å². The van der Waals surface area contributed by atoms with Gasteiger partial charge >= 0.3 is 5.97 Å². The molecule has 0 fully saturated rings. The van der Waals surface area contributed by atoms with E-state index in [1.165, 1.54) is 0 Å². The van der Waals surface area contributed by atoms with Crippen LogP contribution < -0.4 is 4.74 Å². The summed E-state index contributed by atoms with van der Waals surface area (Å²) in [4.78, 5) is 11.6. The van der Waals surface area contributed by atoms with Gasteiger partial charge in [0, 0.05) is 6.20 Å². The van der Waals surface area contributed by atoms with Gasteiger partial charge in [-0.1, -0.05) is 27.7 Å². The van der Waals surface area contributed by atoms with Crippen molar-refractivity contribution < 1.29 is 14.3 Å². The van der Waals surface area contributed by atoms with Gasteiger partial charge in [0.15, 0.2) is 0 Å². The van der Waals surface area contributed by atoms with Crippen LogP contribution in [0.5, 0.6) is 5.75 Å². The van der Waals surface area contributed by atoms with Gasteiger partial charge in [0.25, 0.3) is 0 Å². The van der Waals surface area contributed by atoms with Crippen LogP contribution in [0, 0.1) is 0 Å². The van der Waals surface area contributed by atoms with Crippen molar-refractivity contribution in [2.75, 3.05) is 13.7 Å². The van der Waals surface area contributed by atoms with Crippen molar-refractivity contribution in [3.05, 3.63) is 36.2 Å². The van der Waals surface area contributed by atoms with Crippen LogP contribution in [0.15, 0.2) is 30.6 Å². The molecule has 4 heteroatoms. The third-order valence-electron chi connectivity index (χ3n) is 2.36. The van der Waals surface area contributed by atoms with Crippen LogP contribution in [0.3, 0.4) is 0 Å². The van der Waals surface area contributed by atoms with Crippen LogP contribution in [-0.4, -0.2) is 24.1 Å². The molecule has 2 aromatic heterocycles. The SMILES string of the molecule is CC.CC.CCOC(=O)c1ccn2cc(OC)ccc12. The predicted molar refractivity (Wildman–Crippen MR) is 82.6 cm³/mol. The summed E-state index contributed by atoms with van der Waals surface area (Å²) in [5, 5.41) is 0. The van der Waals surface area contributed by atoms with E-state index >= 15 is 0 Å². The van der Waals surface area contributed by atoms with Crippen molar-refractivity contribution in [3.8, 4) is 5.75 Å². The number of nitrogens with zero attached hydrogens (tertiary/aromatic N) is 1. The Kier molecular flexibility index (Phi) is 8.92. The van der Waals surface area contributed by atoms with Crippen molar-refractivity contribution >= 4 is 11.5 Å². The van der Waals surface area contributed by atoms with E-state index in [4.69, 9.17) is 9.47 Å². The Morgan fingerprint density at radius 1 is 1.15 bits per heavy atom. The molecule has 4 nitrogen and oxygen atoms in total. The summed E-state index contributed by atoms with van der Waals surface area (Å²) in [6.45, 7) is 10.2. The molecule has 0 aliphatic rings. The number of carbonyl (C=O) groups is 1. The second kappa shape index (κ2) is 9.89. The van der Waals surface area contributed by atoms with Crippen LogP contribution in [-0.2, 0) is 4.74 Å². The predicted octanol–water partition coefficient (Wildman–Crippen LogP) is 4.18. The van der Waals surface area contributed by atoms with E-state index in [1.54, 1.807) is 20.1 Å². The van der Waals surface area contributed by atoms with Gasteiger partial charge in [0.2, 0.25) is 0 Å². The van der Waals surface area contributed by atoms with Gasteiger partial charge in [-0.15, -0.1) is 0 Å². The summed E-state index contributed by atoms with van der Waals surface area (Å²) in [7, 11) is 1.61. The van der Waals surface area contributed by atoms with Crippen molar-refractivity contribution in [2.45, 2.75) is 34.6 Å². The van der Waals surface area contributed by atoms with Gasteiger partial charge < -0.3 is 13.9 Å². The number of methoxy groups -OCH3 is 1. The number of hydrogen-bond donors (Lipinski definition) is 0. The van der Waals surface area contributed by atoms with Crippen LogP contribution >= 0.6 is 0 Å². The Bertz CT molecular complexity index is 517. The maximum Gasteiger partial charge on any atom is 0.340 e. The van der Waals surface area contributed by atoms with E-state index in [9.17, 15) is 4.79 Å². The molecule has 0 saturated carbocycles. The highest BCUT2D eigenvalue weighted by atomic mass is 16.5. The molecule has 112 valence electrons. The van der Waals surface area contributed by atoms with Gasteiger partial charge in [-0.05, 0) is 25.1 Å². The van der Waals surface area contributed by atoms with Crippen molar-refractivity contribution in [2.24, 2.45) is 0 Å².